The van der Waals surface area contributed by atoms with Crippen LogP contribution in [0.3, 0.4) is 0 Å². The minimum atomic E-state index is -0.224. The molecule has 5 nitrogen and oxygen atoms in total. The van der Waals surface area contributed by atoms with Crippen LogP contribution in [0.1, 0.15) is 30.4 Å². The maximum absolute atomic E-state index is 12.4. The molecule has 1 saturated heterocycles. The number of benzene rings is 1. The van der Waals surface area contributed by atoms with Gasteiger partial charge in [-0.15, -0.1) is 0 Å². The molecule has 132 valence electrons. The Morgan fingerprint density at radius 3 is 2.20 bits per heavy atom. The van der Waals surface area contributed by atoms with Crippen LogP contribution in [0.25, 0.3) is 0 Å². The number of carbonyl (C=O) groups excluding carboxylic acids is 3. The number of hydrogen-bond acceptors (Lipinski definition) is 3. The van der Waals surface area contributed by atoms with E-state index in [1.165, 1.54) is 10.5 Å². The molecule has 1 aromatic rings. The summed E-state index contributed by atoms with van der Waals surface area (Å²) in [6.07, 6.45) is 5.37. The zero-order valence-corrected chi connectivity index (χ0v) is 14.8. The van der Waals surface area contributed by atoms with E-state index >= 15 is 0 Å². The van der Waals surface area contributed by atoms with Crippen molar-refractivity contribution in [1.29, 1.82) is 0 Å². The molecule has 1 heterocycles. The molecule has 3 rings (SSSR count). The molecule has 1 fully saturated rings. The number of carbonyl (C=O) groups is 3. The zero-order chi connectivity index (χ0) is 18.0. The third-order valence-corrected chi connectivity index (χ3v) is 5.11. The number of hydrogen-bond donors (Lipinski definition) is 0. The highest BCUT2D eigenvalue weighted by Gasteiger charge is 2.46. The Kier molecular flexibility index (Phi) is 5.02. The molecule has 1 aliphatic carbocycles. The Bertz CT molecular complexity index is 682. The van der Waals surface area contributed by atoms with Gasteiger partial charge in [-0.2, -0.15) is 0 Å². The van der Waals surface area contributed by atoms with Crippen LogP contribution in [0.4, 0.5) is 0 Å². The van der Waals surface area contributed by atoms with E-state index in [9.17, 15) is 14.4 Å². The SMILES string of the molecule is Cc1ccc(CN(C)C(=O)CCN2C(=O)[C@H]3CC=CC[C@H]3C2=O)cc1. The molecule has 0 saturated carbocycles. The summed E-state index contributed by atoms with van der Waals surface area (Å²) < 4.78 is 0. The highest BCUT2D eigenvalue weighted by molar-refractivity contribution is 6.05. The second-order valence-electron chi connectivity index (χ2n) is 6.97. The predicted molar refractivity (Wildman–Crippen MR) is 94.3 cm³/mol. The van der Waals surface area contributed by atoms with Gasteiger partial charge in [0.2, 0.25) is 17.7 Å². The topological polar surface area (TPSA) is 57.7 Å². The molecule has 0 radical (unpaired) electrons. The van der Waals surface area contributed by atoms with Gasteiger partial charge in [-0.1, -0.05) is 42.0 Å². The molecular formula is C20H24N2O3. The normalized spacial score (nSPS) is 22.2. The molecule has 1 aromatic carbocycles. The molecule has 0 N–H and O–H groups in total. The third-order valence-electron chi connectivity index (χ3n) is 5.11. The lowest BCUT2D eigenvalue weighted by Crippen LogP contribution is -2.36. The first-order valence-electron chi connectivity index (χ1n) is 8.77. The summed E-state index contributed by atoms with van der Waals surface area (Å²) in [5, 5.41) is 0. The fourth-order valence-electron chi connectivity index (χ4n) is 3.54. The van der Waals surface area contributed by atoms with Crippen molar-refractivity contribution in [3.8, 4) is 0 Å². The number of nitrogens with zero attached hydrogens (tertiary/aromatic N) is 2. The number of allylic oxidation sites excluding steroid dienone is 2. The largest absolute Gasteiger partial charge is 0.341 e. The summed E-state index contributed by atoms with van der Waals surface area (Å²) in [5.74, 6) is -0.744. The molecule has 25 heavy (non-hydrogen) atoms. The maximum Gasteiger partial charge on any atom is 0.233 e. The van der Waals surface area contributed by atoms with Crippen molar-refractivity contribution in [3.63, 3.8) is 0 Å². The van der Waals surface area contributed by atoms with Crippen molar-refractivity contribution < 1.29 is 14.4 Å². The van der Waals surface area contributed by atoms with Gasteiger partial charge in [-0.3, -0.25) is 19.3 Å². The molecule has 0 unspecified atom stereocenters. The van der Waals surface area contributed by atoms with E-state index in [2.05, 4.69) is 0 Å². The van der Waals surface area contributed by atoms with Gasteiger partial charge in [0.15, 0.2) is 0 Å². The fraction of sp³-hybridized carbons (Fsp3) is 0.450. The van der Waals surface area contributed by atoms with Crippen LogP contribution >= 0.6 is 0 Å². The Morgan fingerprint density at radius 1 is 1.08 bits per heavy atom. The summed E-state index contributed by atoms with van der Waals surface area (Å²) in [5.41, 5.74) is 2.24. The van der Waals surface area contributed by atoms with Gasteiger partial charge in [-0.25, -0.2) is 0 Å². The van der Waals surface area contributed by atoms with Gasteiger partial charge in [0.05, 0.1) is 11.8 Å². The first-order valence-corrected chi connectivity index (χ1v) is 8.77. The standard InChI is InChI=1S/C20H24N2O3/c1-14-7-9-15(10-8-14)13-21(2)18(23)11-12-22-19(24)16-5-3-4-6-17(16)20(22)25/h3-4,7-10,16-17H,5-6,11-13H2,1-2H3/t16-,17+. The van der Waals surface area contributed by atoms with Crippen molar-refractivity contribution in [3.05, 3.63) is 47.5 Å². The monoisotopic (exact) mass is 340 g/mol. The van der Waals surface area contributed by atoms with Crippen LogP contribution in [-0.2, 0) is 20.9 Å². The van der Waals surface area contributed by atoms with Gasteiger partial charge in [0.1, 0.15) is 0 Å². The minimum absolute atomic E-state index is 0.0610. The van der Waals surface area contributed by atoms with Crippen LogP contribution in [0.15, 0.2) is 36.4 Å². The number of imide groups is 1. The van der Waals surface area contributed by atoms with E-state index in [-0.39, 0.29) is 42.5 Å². The average molecular weight is 340 g/mol. The van der Waals surface area contributed by atoms with Gasteiger partial charge >= 0.3 is 0 Å². The van der Waals surface area contributed by atoms with Gasteiger partial charge < -0.3 is 4.90 Å². The van der Waals surface area contributed by atoms with Crippen LogP contribution in [0.5, 0.6) is 0 Å². The highest BCUT2D eigenvalue weighted by Crippen LogP contribution is 2.35. The number of fused-ring (bicyclic) bond motifs is 1. The lowest BCUT2D eigenvalue weighted by atomic mass is 9.85. The summed E-state index contributed by atoms with van der Waals surface area (Å²) in [4.78, 5) is 40.1. The Balaban J connectivity index is 1.54. The molecule has 2 atom stereocenters. The molecule has 1 aliphatic heterocycles. The van der Waals surface area contributed by atoms with E-state index in [0.717, 1.165) is 5.56 Å². The van der Waals surface area contributed by atoms with Gasteiger partial charge in [0, 0.05) is 26.6 Å². The lowest BCUT2D eigenvalue weighted by Gasteiger charge is -2.20. The van der Waals surface area contributed by atoms with Gasteiger partial charge in [-0.05, 0) is 25.3 Å². The molecule has 3 amide bonds. The van der Waals surface area contributed by atoms with Crippen molar-refractivity contribution in [2.45, 2.75) is 32.7 Å². The van der Waals surface area contributed by atoms with E-state index in [1.54, 1.807) is 11.9 Å². The summed E-state index contributed by atoms with van der Waals surface area (Å²) >= 11 is 0. The van der Waals surface area contributed by atoms with E-state index < -0.39 is 0 Å². The number of amides is 3. The fourth-order valence-corrected chi connectivity index (χ4v) is 3.54. The first kappa shape index (κ1) is 17.4. The Morgan fingerprint density at radius 2 is 1.64 bits per heavy atom. The van der Waals surface area contributed by atoms with Crippen molar-refractivity contribution in [2.75, 3.05) is 13.6 Å². The summed E-state index contributed by atoms with van der Waals surface area (Å²) in [6.45, 7) is 2.73. The van der Waals surface area contributed by atoms with E-state index in [4.69, 9.17) is 0 Å². The molecule has 0 aromatic heterocycles. The quantitative estimate of drug-likeness (QED) is 0.610. The lowest BCUT2D eigenvalue weighted by molar-refractivity contribution is -0.140. The summed E-state index contributed by atoms with van der Waals surface area (Å²) in [6, 6.07) is 8.05. The van der Waals surface area contributed by atoms with Crippen molar-refractivity contribution >= 4 is 17.7 Å². The van der Waals surface area contributed by atoms with Crippen molar-refractivity contribution in [2.24, 2.45) is 11.8 Å². The van der Waals surface area contributed by atoms with E-state index in [1.807, 2.05) is 43.3 Å². The minimum Gasteiger partial charge on any atom is -0.341 e. The van der Waals surface area contributed by atoms with Crippen LogP contribution in [-0.4, -0.2) is 41.1 Å². The Labute approximate surface area is 148 Å². The Hall–Kier alpha value is -2.43. The first-order chi connectivity index (χ1) is 12.0. The average Bonchev–Trinajstić information content (AvgIpc) is 2.86. The number of aryl methyl sites for hydroxylation is 1. The number of likely N-dealkylation sites (tertiary alicyclic amines) is 1. The van der Waals surface area contributed by atoms with Crippen LogP contribution in [0, 0.1) is 18.8 Å². The third kappa shape index (κ3) is 3.65. The molecule has 0 bridgehead atoms. The van der Waals surface area contributed by atoms with Crippen molar-refractivity contribution in [1.82, 2.24) is 9.80 Å². The maximum atomic E-state index is 12.4. The second-order valence-corrected chi connectivity index (χ2v) is 6.97. The molecule has 0 spiro atoms. The molecular weight excluding hydrogens is 316 g/mol. The zero-order valence-electron chi connectivity index (χ0n) is 14.8. The van der Waals surface area contributed by atoms with Gasteiger partial charge in [0.25, 0.3) is 0 Å². The van der Waals surface area contributed by atoms with Crippen LogP contribution in [0.2, 0.25) is 0 Å². The van der Waals surface area contributed by atoms with Crippen LogP contribution < -0.4 is 0 Å². The second kappa shape index (κ2) is 7.21. The smallest absolute Gasteiger partial charge is 0.233 e. The number of rotatable bonds is 5. The summed E-state index contributed by atoms with van der Waals surface area (Å²) in [7, 11) is 1.75. The molecule has 5 heteroatoms. The highest BCUT2D eigenvalue weighted by atomic mass is 16.2. The molecule has 2 aliphatic rings. The van der Waals surface area contributed by atoms with E-state index in [0.29, 0.717) is 19.4 Å². The predicted octanol–water partition coefficient (Wildman–Crippen LogP) is 2.29.